The number of thiocarbonyl (C=S) groups is 1. The summed E-state index contributed by atoms with van der Waals surface area (Å²) < 4.78 is 11.2. The number of hydrogen-bond acceptors (Lipinski definition) is 5. The minimum absolute atomic E-state index is 0.238. The lowest BCUT2D eigenvalue weighted by Crippen LogP contribution is -2.46. The molecule has 168 valence electrons. The fourth-order valence-corrected chi connectivity index (χ4v) is 4.18. The highest BCUT2D eigenvalue weighted by Crippen LogP contribution is 2.40. The number of carbonyl (C=O) groups excluding carboxylic acids is 2. The number of nitrogens with zero attached hydrogens (tertiary/aromatic N) is 1. The van der Waals surface area contributed by atoms with Gasteiger partial charge in [-0.15, -0.1) is 0 Å². The lowest BCUT2D eigenvalue weighted by atomic mass is 9.90. The van der Waals surface area contributed by atoms with E-state index in [1.165, 1.54) is 0 Å². The van der Waals surface area contributed by atoms with Gasteiger partial charge in [-0.1, -0.05) is 48.5 Å². The third-order valence-electron chi connectivity index (χ3n) is 5.68. The number of nitrogens with one attached hydrogen (secondary N) is 1. The van der Waals surface area contributed by atoms with Crippen molar-refractivity contribution in [3.8, 4) is 5.75 Å². The molecule has 1 N–H and O–H groups in total. The second kappa shape index (κ2) is 9.42. The first-order valence-electron chi connectivity index (χ1n) is 10.6. The molecule has 0 amide bonds. The molecule has 1 atom stereocenters. The van der Waals surface area contributed by atoms with Crippen molar-refractivity contribution in [3.63, 3.8) is 0 Å². The monoisotopic (exact) mass is 460 g/mol. The molecule has 1 heterocycles. The van der Waals surface area contributed by atoms with Crippen LogP contribution >= 0.6 is 12.2 Å². The van der Waals surface area contributed by atoms with Crippen LogP contribution in [0, 0.1) is 0 Å². The fraction of sp³-hybridized carbons (Fsp3) is 0.192. The van der Waals surface area contributed by atoms with Gasteiger partial charge in [0, 0.05) is 18.3 Å². The predicted octanol–water partition coefficient (Wildman–Crippen LogP) is 4.76. The normalized spacial score (nSPS) is 15.9. The molecule has 7 heteroatoms. The van der Waals surface area contributed by atoms with E-state index in [1.807, 2.05) is 43.3 Å². The Labute approximate surface area is 197 Å². The summed E-state index contributed by atoms with van der Waals surface area (Å²) in [7, 11) is 1.79. The SMILES string of the molecule is CCOC(=O)C1=C(C)N(C)C(=S)N[C@H]1c1c(OC(=O)c2ccccc2)ccc2ccccc12. The van der Waals surface area contributed by atoms with Crippen LogP contribution in [0.5, 0.6) is 5.75 Å². The molecule has 0 bridgehead atoms. The Kier molecular flexibility index (Phi) is 6.42. The van der Waals surface area contributed by atoms with Crippen LogP contribution in [0.4, 0.5) is 0 Å². The van der Waals surface area contributed by atoms with Crippen LogP contribution in [-0.2, 0) is 9.53 Å². The molecule has 0 fully saturated rings. The number of carbonyl (C=O) groups is 2. The second-order valence-corrected chi connectivity index (χ2v) is 8.00. The number of hydrogen-bond donors (Lipinski definition) is 1. The van der Waals surface area contributed by atoms with Crippen molar-refractivity contribution < 1.29 is 19.1 Å². The zero-order chi connectivity index (χ0) is 23.5. The van der Waals surface area contributed by atoms with Gasteiger partial charge in [0.05, 0.1) is 23.8 Å². The molecule has 1 aliphatic heterocycles. The van der Waals surface area contributed by atoms with Gasteiger partial charge < -0.3 is 19.7 Å². The van der Waals surface area contributed by atoms with Gasteiger partial charge in [-0.25, -0.2) is 9.59 Å². The summed E-state index contributed by atoms with van der Waals surface area (Å²) in [6.07, 6.45) is 0. The van der Waals surface area contributed by atoms with Crippen molar-refractivity contribution in [1.29, 1.82) is 0 Å². The Balaban J connectivity index is 1.90. The Morgan fingerprint density at radius 2 is 1.70 bits per heavy atom. The topological polar surface area (TPSA) is 67.9 Å². The third-order valence-corrected chi connectivity index (χ3v) is 6.07. The molecular weight excluding hydrogens is 436 g/mol. The zero-order valence-corrected chi connectivity index (χ0v) is 19.4. The molecule has 3 aromatic rings. The van der Waals surface area contributed by atoms with Crippen LogP contribution in [0.15, 0.2) is 78.0 Å². The van der Waals surface area contributed by atoms with Gasteiger partial charge in [-0.2, -0.15) is 0 Å². The zero-order valence-electron chi connectivity index (χ0n) is 18.6. The molecule has 0 spiro atoms. The first-order valence-corrected chi connectivity index (χ1v) is 11.0. The summed E-state index contributed by atoms with van der Waals surface area (Å²) in [4.78, 5) is 27.7. The number of ether oxygens (including phenoxy) is 2. The maximum atomic E-state index is 13.0. The van der Waals surface area contributed by atoms with E-state index in [0.29, 0.717) is 33.3 Å². The molecule has 1 aliphatic rings. The van der Waals surface area contributed by atoms with Crippen molar-refractivity contribution in [1.82, 2.24) is 10.2 Å². The lowest BCUT2D eigenvalue weighted by molar-refractivity contribution is -0.139. The molecular formula is C26H24N2O4S. The summed E-state index contributed by atoms with van der Waals surface area (Å²) in [6, 6.07) is 19.5. The number of esters is 2. The molecule has 6 nitrogen and oxygen atoms in total. The van der Waals surface area contributed by atoms with Crippen LogP contribution in [0.25, 0.3) is 10.8 Å². The largest absolute Gasteiger partial charge is 0.463 e. The van der Waals surface area contributed by atoms with Crippen molar-refractivity contribution in [2.75, 3.05) is 13.7 Å². The number of allylic oxidation sites excluding steroid dienone is 1. The average Bonchev–Trinajstić information content (AvgIpc) is 2.83. The van der Waals surface area contributed by atoms with Gasteiger partial charge >= 0.3 is 11.9 Å². The van der Waals surface area contributed by atoms with E-state index in [1.54, 1.807) is 49.2 Å². The Morgan fingerprint density at radius 1 is 1.00 bits per heavy atom. The summed E-state index contributed by atoms with van der Waals surface area (Å²) in [5.41, 5.74) is 2.17. The Morgan fingerprint density at radius 3 is 2.42 bits per heavy atom. The van der Waals surface area contributed by atoms with E-state index in [4.69, 9.17) is 21.7 Å². The summed E-state index contributed by atoms with van der Waals surface area (Å²) in [5.74, 6) is -0.585. The van der Waals surface area contributed by atoms with Gasteiger partial charge in [-0.3, -0.25) is 0 Å². The first-order chi connectivity index (χ1) is 15.9. The highest BCUT2D eigenvalue weighted by molar-refractivity contribution is 7.80. The van der Waals surface area contributed by atoms with E-state index in [-0.39, 0.29) is 6.61 Å². The standard InChI is InChI=1S/C26H24N2O4S/c1-4-31-25(30)21-16(2)28(3)26(33)27-23(21)22-19-13-9-8-10-17(19)14-15-20(22)32-24(29)18-11-6-5-7-12-18/h5-15,23H,4H2,1-3H3,(H,27,33)/t23-/m1/s1. The van der Waals surface area contributed by atoms with Crippen LogP contribution in [0.1, 0.15) is 35.8 Å². The molecule has 0 saturated heterocycles. The molecule has 0 unspecified atom stereocenters. The van der Waals surface area contributed by atoms with E-state index < -0.39 is 18.0 Å². The van der Waals surface area contributed by atoms with Crippen LogP contribution in [0.3, 0.4) is 0 Å². The van der Waals surface area contributed by atoms with Crippen molar-refractivity contribution in [2.24, 2.45) is 0 Å². The number of benzene rings is 3. The number of fused-ring (bicyclic) bond motifs is 1. The minimum Gasteiger partial charge on any atom is -0.463 e. The number of rotatable bonds is 5. The third kappa shape index (κ3) is 4.32. The maximum absolute atomic E-state index is 13.0. The molecule has 3 aromatic carbocycles. The van der Waals surface area contributed by atoms with Crippen molar-refractivity contribution in [3.05, 3.63) is 89.1 Å². The molecule has 33 heavy (non-hydrogen) atoms. The lowest BCUT2D eigenvalue weighted by Gasteiger charge is -2.36. The molecule has 0 aromatic heterocycles. The van der Waals surface area contributed by atoms with Crippen molar-refractivity contribution >= 4 is 40.0 Å². The summed E-state index contributed by atoms with van der Waals surface area (Å²) in [5, 5.41) is 5.50. The highest BCUT2D eigenvalue weighted by atomic mass is 32.1. The second-order valence-electron chi connectivity index (χ2n) is 7.62. The summed E-state index contributed by atoms with van der Waals surface area (Å²) in [6.45, 7) is 3.83. The fourth-order valence-electron chi connectivity index (χ4n) is 3.92. The van der Waals surface area contributed by atoms with E-state index >= 15 is 0 Å². The highest BCUT2D eigenvalue weighted by Gasteiger charge is 2.36. The van der Waals surface area contributed by atoms with Crippen molar-refractivity contribution in [2.45, 2.75) is 19.9 Å². The minimum atomic E-state index is -0.655. The van der Waals surface area contributed by atoms with E-state index in [9.17, 15) is 9.59 Å². The quantitative estimate of drug-likeness (QED) is 0.335. The Bertz CT molecular complexity index is 1270. The smallest absolute Gasteiger partial charge is 0.343 e. The maximum Gasteiger partial charge on any atom is 0.343 e. The molecule has 4 rings (SSSR count). The molecule has 0 radical (unpaired) electrons. The van der Waals surface area contributed by atoms with Gasteiger partial charge in [0.2, 0.25) is 0 Å². The van der Waals surface area contributed by atoms with E-state index in [2.05, 4.69) is 5.32 Å². The predicted molar refractivity (Wildman–Crippen MR) is 131 cm³/mol. The van der Waals surface area contributed by atoms with Gasteiger partial charge in [0.25, 0.3) is 0 Å². The van der Waals surface area contributed by atoms with Gasteiger partial charge in [0.15, 0.2) is 5.11 Å². The van der Waals surface area contributed by atoms with Crippen LogP contribution in [-0.4, -0.2) is 35.6 Å². The summed E-state index contributed by atoms with van der Waals surface area (Å²) >= 11 is 5.54. The molecule has 0 aliphatic carbocycles. The van der Waals surface area contributed by atoms with Crippen LogP contribution < -0.4 is 10.1 Å². The van der Waals surface area contributed by atoms with Gasteiger partial charge in [-0.05, 0) is 55.0 Å². The Hall–Kier alpha value is -3.71. The van der Waals surface area contributed by atoms with E-state index in [0.717, 1.165) is 10.8 Å². The first kappa shape index (κ1) is 22.5. The van der Waals surface area contributed by atoms with Crippen LogP contribution in [0.2, 0.25) is 0 Å². The average molecular weight is 461 g/mol. The molecule has 0 saturated carbocycles. The van der Waals surface area contributed by atoms with Gasteiger partial charge in [0.1, 0.15) is 5.75 Å².